The van der Waals surface area contributed by atoms with Gasteiger partial charge in [0.05, 0.1) is 5.69 Å². The van der Waals surface area contributed by atoms with Gasteiger partial charge in [-0.3, -0.25) is 14.6 Å². The molecule has 29 heavy (non-hydrogen) atoms. The summed E-state index contributed by atoms with van der Waals surface area (Å²) >= 11 is 0. The summed E-state index contributed by atoms with van der Waals surface area (Å²) < 4.78 is 1.90. The molecule has 0 radical (unpaired) electrons. The molecule has 6 heteroatoms. The van der Waals surface area contributed by atoms with E-state index in [1.165, 1.54) is 16.7 Å². The first-order chi connectivity index (χ1) is 13.7. The lowest BCUT2D eigenvalue weighted by Crippen LogP contribution is -2.38. The highest BCUT2D eigenvalue weighted by molar-refractivity contribution is 5.79. The Labute approximate surface area is 176 Å². The molecule has 1 aromatic heterocycles. The molecule has 0 bridgehead atoms. The minimum absolute atomic E-state index is 0.402. The molecular formula is C23H38N6. The van der Waals surface area contributed by atoms with Crippen LogP contribution in [-0.2, 0) is 26.7 Å². The van der Waals surface area contributed by atoms with E-state index in [9.17, 15) is 0 Å². The highest BCUT2D eigenvalue weighted by atomic mass is 15.3. The van der Waals surface area contributed by atoms with E-state index in [4.69, 9.17) is 0 Å². The van der Waals surface area contributed by atoms with Gasteiger partial charge in [0.15, 0.2) is 5.96 Å². The van der Waals surface area contributed by atoms with Gasteiger partial charge in [0.2, 0.25) is 0 Å². The van der Waals surface area contributed by atoms with Crippen LogP contribution in [0.5, 0.6) is 0 Å². The lowest BCUT2D eigenvalue weighted by atomic mass is 10.1. The average Bonchev–Trinajstić information content (AvgIpc) is 3.03. The molecule has 1 N–H and O–H groups in total. The summed E-state index contributed by atoms with van der Waals surface area (Å²) in [6.45, 7) is 11.3. The average molecular weight is 399 g/mol. The molecular weight excluding hydrogens is 360 g/mol. The van der Waals surface area contributed by atoms with Crippen molar-refractivity contribution in [3.8, 4) is 0 Å². The van der Waals surface area contributed by atoms with Gasteiger partial charge in [-0.05, 0) is 37.9 Å². The molecule has 160 valence electrons. The van der Waals surface area contributed by atoms with Crippen LogP contribution in [0.4, 0.5) is 0 Å². The van der Waals surface area contributed by atoms with Crippen LogP contribution < -0.4 is 5.32 Å². The second-order valence-electron chi connectivity index (χ2n) is 8.40. The fraction of sp³-hybridized carbons (Fsp3) is 0.565. The Kier molecular flexibility index (Phi) is 8.26. The molecule has 0 saturated heterocycles. The van der Waals surface area contributed by atoms with Crippen molar-refractivity contribution in [2.45, 2.75) is 59.3 Å². The molecule has 2 rings (SSSR count). The molecule has 0 aliphatic heterocycles. The molecule has 1 heterocycles. The standard InChI is InChI=1S/C23H38N6/c1-17(2)22-21(16-29(8)26-22)15-28(7)23(24-5)25-13-19-11-9-10-12-20(19)14-27(6)18(3)4/h9-12,16-18H,13-15H2,1-8H3,(H,24,25). The van der Waals surface area contributed by atoms with E-state index >= 15 is 0 Å². The number of aliphatic imine (C=N–C) groups is 1. The van der Waals surface area contributed by atoms with Gasteiger partial charge < -0.3 is 10.2 Å². The first-order valence-corrected chi connectivity index (χ1v) is 10.4. The second-order valence-corrected chi connectivity index (χ2v) is 8.40. The van der Waals surface area contributed by atoms with Crippen LogP contribution >= 0.6 is 0 Å². The van der Waals surface area contributed by atoms with Crippen LogP contribution in [0.25, 0.3) is 0 Å². The third kappa shape index (κ3) is 6.32. The van der Waals surface area contributed by atoms with Gasteiger partial charge in [-0.25, -0.2) is 0 Å². The number of aromatic nitrogens is 2. The smallest absolute Gasteiger partial charge is 0.193 e. The fourth-order valence-corrected chi connectivity index (χ4v) is 3.39. The summed E-state index contributed by atoms with van der Waals surface area (Å²) in [7, 11) is 8.06. The zero-order valence-electron chi connectivity index (χ0n) is 19.4. The van der Waals surface area contributed by atoms with E-state index in [0.717, 1.165) is 31.3 Å². The highest BCUT2D eigenvalue weighted by Crippen LogP contribution is 2.19. The van der Waals surface area contributed by atoms with Gasteiger partial charge in [0, 0.05) is 58.6 Å². The molecule has 0 amide bonds. The summed E-state index contributed by atoms with van der Waals surface area (Å²) in [5.74, 6) is 1.29. The number of benzene rings is 1. The van der Waals surface area contributed by atoms with Crippen LogP contribution in [0.15, 0.2) is 35.5 Å². The summed E-state index contributed by atoms with van der Waals surface area (Å²) in [5, 5.41) is 8.15. The van der Waals surface area contributed by atoms with E-state index in [2.05, 4.69) is 97.5 Å². The Hall–Kier alpha value is -2.34. The van der Waals surface area contributed by atoms with Crippen molar-refractivity contribution < 1.29 is 0 Å². The predicted octanol–water partition coefficient (Wildman–Crippen LogP) is 3.59. The summed E-state index contributed by atoms with van der Waals surface area (Å²) in [5.41, 5.74) is 5.05. The number of aryl methyl sites for hydroxylation is 1. The molecule has 0 aliphatic rings. The van der Waals surface area contributed by atoms with Gasteiger partial charge in [-0.2, -0.15) is 5.10 Å². The highest BCUT2D eigenvalue weighted by Gasteiger charge is 2.15. The maximum atomic E-state index is 4.62. The lowest BCUT2D eigenvalue weighted by molar-refractivity contribution is 0.265. The molecule has 0 saturated carbocycles. The summed E-state index contributed by atoms with van der Waals surface area (Å²) in [6.07, 6.45) is 2.11. The predicted molar refractivity (Wildman–Crippen MR) is 122 cm³/mol. The Morgan fingerprint density at radius 2 is 1.72 bits per heavy atom. The summed E-state index contributed by atoms with van der Waals surface area (Å²) in [6, 6.07) is 9.15. The Morgan fingerprint density at radius 1 is 1.07 bits per heavy atom. The van der Waals surface area contributed by atoms with E-state index < -0.39 is 0 Å². The molecule has 0 aliphatic carbocycles. The van der Waals surface area contributed by atoms with Gasteiger partial charge in [0.1, 0.15) is 0 Å². The maximum Gasteiger partial charge on any atom is 0.193 e. The van der Waals surface area contributed by atoms with Crippen LogP contribution in [-0.4, -0.2) is 52.7 Å². The SMILES string of the molecule is CN=C(NCc1ccccc1CN(C)C(C)C)N(C)Cc1cn(C)nc1C(C)C. The molecule has 1 aromatic carbocycles. The van der Waals surface area contributed by atoms with Crippen LogP contribution in [0, 0.1) is 0 Å². The zero-order valence-corrected chi connectivity index (χ0v) is 19.4. The molecule has 0 fully saturated rings. The Morgan fingerprint density at radius 3 is 2.31 bits per heavy atom. The zero-order chi connectivity index (χ0) is 21.6. The molecule has 0 atom stereocenters. The van der Waals surface area contributed by atoms with Gasteiger partial charge in [-0.1, -0.05) is 38.1 Å². The van der Waals surface area contributed by atoms with E-state index in [0.29, 0.717) is 12.0 Å². The van der Waals surface area contributed by atoms with Gasteiger partial charge in [0.25, 0.3) is 0 Å². The van der Waals surface area contributed by atoms with Gasteiger partial charge >= 0.3 is 0 Å². The van der Waals surface area contributed by atoms with Crippen molar-refractivity contribution >= 4 is 5.96 Å². The van der Waals surface area contributed by atoms with Gasteiger partial charge in [-0.15, -0.1) is 0 Å². The minimum Gasteiger partial charge on any atom is -0.352 e. The number of nitrogens with one attached hydrogen (secondary N) is 1. The number of nitrogens with zero attached hydrogens (tertiary/aromatic N) is 5. The topological polar surface area (TPSA) is 48.7 Å². The summed E-state index contributed by atoms with van der Waals surface area (Å²) in [4.78, 5) is 9.01. The fourth-order valence-electron chi connectivity index (χ4n) is 3.39. The van der Waals surface area contributed by atoms with E-state index in [1.54, 1.807) is 0 Å². The second kappa shape index (κ2) is 10.4. The normalized spacial score (nSPS) is 12.3. The van der Waals surface area contributed by atoms with Crippen molar-refractivity contribution in [3.05, 3.63) is 52.8 Å². The monoisotopic (exact) mass is 398 g/mol. The number of hydrogen-bond donors (Lipinski definition) is 1. The van der Waals surface area contributed by atoms with Crippen molar-refractivity contribution in [1.82, 2.24) is 24.9 Å². The Bertz CT molecular complexity index is 805. The number of guanidine groups is 1. The molecule has 0 unspecified atom stereocenters. The van der Waals surface area contributed by atoms with E-state index in [1.807, 2.05) is 18.8 Å². The quantitative estimate of drug-likeness (QED) is 0.545. The van der Waals surface area contributed by atoms with Crippen molar-refractivity contribution in [3.63, 3.8) is 0 Å². The number of rotatable bonds is 8. The lowest BCUT2D eigenvalue weighted by Gasteiger charge is -2.25. The first kappa shape index (κ1) is 22.9. The number of hydrogen-bond acceptors (Lipinski definition) is 3. The third-order valence-electron chi connectivity index (χ3n) is 5.32. The molecule has 6 nitrogen and oxygen atoms in total. The van der Waals surface area contributed by atoms with Crippen molar-refractivity contribution in [1.29, 1.82) is 0 Å². The van der Waals surface area contributed by atoms with Crippen molar-refractivity contribution in [2.24, 2.45) is 12.0 Å². The largest absolute Gasteiger partial charge is 0.352 e. The van der Waals surface area contributed by atoms with E-state index in [-0.39, 0.29) is 0 Å². The van der Waals surface area contributed by atoms with Crippen LogP contribution in [0.2, 0.25) is 0 Å². The van der Waals surface area contributed by atoms with Crippen LogP contribution in [0.1, 0.15) is 56.0 Å². The van der Waals surface area contributed by atoms with Crippen LogP contribution in [0.3, 0.4) is 0 Å². The minimum atomic E-state index is 0.402. The molecule has 0 spiro atoms. The first-order valence-electron chi connectivity index (χ1n) is 10.4. The molecule has 2 aromatic rings. The third-order valence-corrected chi connectivity index (χ3v) is 5.32. The maximum absolute atomic E-state index is 4.62. The van der Waals surface area contributed by atoms with Crippen molar-refractivity contribution in [2.75, 3.05) is 21.1 Å². The Balaban J connectivity index is 2.06.